The van der Waals surface area contributed by atoms with Crippen LogP contribution in [-0.4, -0.2) is 23.8 Å². The lowest BCUT2D eigenvalue weighted by atomic mass is 10.2. The maximum atomic E-state index is 12.8. The summed E-state index contributed by atoms with van der Waals surface area (Å²) in [5, 5.41) is 11.0. The Bertz CT molecular complexity index is 1230. The van der Waals surface area contributed by atoms with Gasteiger partial charge in [0.2, 0.25) is 0 Å². The second kappa shape index (κ2) is 7.17. The topological polar surface area (TPSA) is 113 Å². The van der Waals surface area contributed by atoms with Crippen LogP contribution in [0.4, 0.5) is 5.69 Å². The lowest BCUT2D eigenvalue weighted by Gasteiger charge is -2.10. The van der Waals surface area contributed by atoms with Crippen LogP contribution < -0.4 is 15.4 Å². The van der Waals surface area contributed by atoms with E-state index in [1.807, 2.05) is 0 Å². The maximum Gasteiger partial charge on any atom is 0.296 e. The van der Waals surface area contributed by atoms with Crippen LogP contribution in [0.15, 0.2) is 58.2 Å². The molecule has 0 aliphatic carbocycles. The van der Waals surface area contributed by atoms with Gasteiger partial charge < -0.3 is 9.90 Å². The third-order valence-electron chi connectivity index (χ3n) is 4.21. The number of hydrogen-bond acceptors (Lipinski definition) is 5. The monoisotopic (exact) mass is 420 g/mol. The van der Waals surface area contributed by atoms with Gasteiger partial charge >= 0.3 is 0 Å². The molecule has 0 aliphatic rings. The molecule has 3 rings (SSSR count). The van der Waals surface area contributed by atoms with Gasteiger partial charge in [-0.1, -0.05) is 29.8 Å². The zero-order chi connectivity index (χ0) is 20.6. The first-order valence-corrected chi connectivity index (χ1v) is 9.86. The van der Waals surface area contributed by atoms with Gasteiger partial charge in [-0.05, 0) is 42.8 Å². The SMILES string of the molecule is Cc1c(NS(=O)(=O)c2cc(Cl)cc(C(=O)[O-])c2)c(=O)n(-c2ccccc2)n1C. The Morgan fingerprint density at radius 1 is 1.14 bits per heavy atom. The number of carbonyl (C=O) groups is 1. The van der Waals surface area contributed by atoms with Crippen molar-refractivity contribution in [3.05, 3.63) is 75.2 Å². The summed E-state index contributed by atoms with van der Waals surface area (Å²) in [6.07, 6.45) is 0. The molecule has 0 bridgehead atoms. The number of benzene rings is 2. The number of rotatable bonds is 5. The zero-order valence-electron chi connectivity index (χ0n) is 14.8. The van der Waals surface area contributed by atoms with E-state index in [4.69, 9.17) is 11.6 Å². The molecule has 1 heterocycles. The van der Waals surface area contributed by atoms with Gasteiger partial charge in [-0.2, -0.15) is 0 Å². The second-order valence-electron chi connectivity index (χ2n) is 6.01. The number of nitrogens with one attached hydrogen (secondary N) is 1. The number of sulfonamides is 1. The fourth-order valence-corrected chi connectivity index (χ4v) is 4.20. The number of hydrogen-bond donors (Lipinski definition) is 1. The Morgan fingerprint density at radius 3 is 2.39 bits per heavy atom. The summed E-state index contributed by atoms with van der Waals surface area (Å²) in [6, 6.07) is 11.8. The highest BCUT2D eigenvalue weighted by Crippen LogP contribution is 2.22. The molecule has 0 unspecified atom stereocenters. The maximum absolute atomic E-state index is 12.8. The standard InChI is InChI=1S/C18H16ClN3O5S/c1-11-16(17(23)22(21(11)2)14-6-4-3-5-7-14)20-28(26,27)15-9-12(18(24)25)8-13(19)10-15/h3-10,20H,1-2H3,(H,24,25)/p-1. The summed E-state index contributed by atoms with van der Waals surface area (Å²) >= 11 is 5.82. The molecule has 8 nitrogen and oxygen atoms in total. The molecule has 1 aromatic heterocycles. The molecule has 3 aromatic rings. The van der Waals surface area contributed by atoms with E-state index in [-0.39, 0.29) is 16.3 Å². The molecule has 1 N–H and O–H groups in total. The first kappa shape index (κ1) is 19.7. The third-order valence-corrected chi connectivity index (χ3v) is 5.76. The van der Waals surface area contributed by atoms with Crippen molar-refractivity contribution < 1.29 is 18.3 Å². The summed E-state index contributed by atoms with van der Waals surface area (Å²) < 4.78 is 30.6. The lowest BCUT2D eigenvalue weighted by Crippen LogP contribution is -2.24. The predicted octanol–water partition coefficient (Wildman–Crippen LogP) is 1.30. The molecule has 0 aliphatic heterocycles. The minimum Gasteiger partial charge on any atom is -0.545 e. The van der Waals surface area contributed by atoms with Gasteiger partial charge in [0.1, 0.15) is 5.69 Å². The minimum absolute atomic E-state index is 0.0893. The van der Waals surface area contributed by atoms with Gasteiger partial charge in [-0.25, -0.2) is 13.1 Å². The van der Waals surface area contributed by atoms with Crippen molar-refractivity contribution in [1.29, 1.82) is 0 Å². The predicted molar refractivity (Wildman–Crippen MR) is 102 cm³/mol. The average molecular weight is 421 g/mol. The summed E-state index contributed by atoms with van der Waals surface area (Å²) in [6.45, 7) is 1.59. The van der Waals surface area contributed by atoms with Crippen molar-refractivity contribution in [2.24, 2.45) is 7.05 Å². The molecule has 0 saturated heterocycles. The van der Waals surface area contributed by atoms with Crippen molar-refractivity contribution >= 4 is 33.3 Å². The van der Waals surface area contributed by atoms with Crippen LogP contribution in [0, 0.1) is 6.92 Å². The highest BCUT2D eigenvalue weighted by atomic mass is 35.5. The molecule has 28 heavy (non-hydrogen) atoms. The quantitative estimate of drug-likeness (QED) is 0.668. The van der Waals surface area contributed by atoms with Gasteiger partial charge in [-0.15, -0.1) is 0 Å². The Labute approximate surface area is 165 Å². The molecule has 2 aromatic carbocycles. The van der Waals surface area contributed by atoms with Gasteiger partial charge in [0.05, 0.1) is 22.2 Å². The fraction of sp³-hybridized carbons (Fsp3) is 0.111. The summed E-state index contributed by atoms with van der Waals surface area (Å²) in [4.78, 5) is 23.5. The number of aromatic nitrogens is 2. The lowest BCUT2D eigenvalue weighted by molar-refractivity contribution is -0.255. The van der Waals surface area contributed by atoms with Crippen LogP contribution in [0.25, 0.3) is 5.69 Å². The van der Waals surface area contributed by atoms with Crippen LogP contribution in [0.1, 0.15) is 16.1 Å². The Hall–Kier alpha value is -3.04. The molecule has 0 spiro atoms. The van der Waals surface area contributed by atoms with E-state index in [1.54, 1.807) is 44.3 Å². The van der Waals surface area contributed by atoms with Crippen molar-refractivity contribution in [3.63, 3.8) is 0 Å². The van der Waals surface area contributed by atoms with E-state index < -0.39 is 26.4 Å². The van der Waals surface area contributed by atoms with E-state index in [0.29, 0.717) is 11.4 Å². The fourth-order valence-electron chi connectivity index (χ4n) is 2.71. The molecule has 10 heteroatoms. The number of carboxylic acids is 1. The number of nitrogens with zero attached hydrogens (tertiary/aromatic N) is 2. The van der Waals surface area contributed by atoms with E-state index in [0.717, 1.165) is 18.2 Å². The molecular weight excluding hydrogens is 406 g/mol. The van der Waals surface area contributed by atoms with E-state index in [9.17, 15) is 23.1 Å². The first-order valence-electron chi connectivity index (χ1n) is 8.00. The van der Waals surface area contributed by atoms with Gasteiger partial charge in [-0.3, -0.25) is 14.2 Å². The van der Waals surface area contributed by atoms with Crippen molar-refractivity contribution in [2.45, 2.75) is 11.8 Å². The average Bonchev–Trinajstić information content (AvgIpc) is 2.85. The molecule has 0 saturated carbocycles. The van der Waals surface area contributed by atoms with Crippen LogP contribution in [0.2, 0.25) is 5.02 Å². The number of para-hydroxylation sites is 1. The number of anilines is 1. The second-order valence-corrected chi connectivity index (χ2v) is 8.12. The Kier molecular flexibility index (Phi) is 5.05. The normalized spacial score (nSPS) is 11.4. The number of halogens is 1. The van der Waals surface area contributed by atoms with Gasteiger partial charge in [0.15, 0.2) is 0 Å². The minimum atomic E-state index is -4.27. The Morgan fingerprint density at radius 2 is 1.79 bits per heavy atom. The molecule has 0 amide bonds. The smallest absolute Gasteiger partial charge is 0.296 e. The van der Waals surface area contributed by atoms with Gasteiger partial charge in [0, 0.05) is 12.1 Å². The number of carboxylic acid groups (broad SMARTS) is 1. The van der Waals surface area contributed by atoms with E-state index in [1.165, 1.54) is 9.36 Å². The highest BCUT2D eigenvalue weighted by molar-refractivity contribution is 7.92. The third kappa shape index (κ3) is 3.54. The Balaban J connectivity index is 2.10. The van der Waals surface area contributed by atoms with Crippen LogP contribution in [0.3, 0.4) is 0 Å². The molecular formula is C18H15ClN3O5S-. The zero-order valence-corrected chi connectivity index (χ0v) is 16.4. The first-order chi connectivity index (χ1) is 13.1. The summed E-state index contributed by atoms with van der Waals surface area (Å²) in [7, 11) is -2.65. The van der Waals surface area contributed by atoms with Crippen molar-refractivity contribution in [2.75, 3.05) is 4.72 Å². The van der Waals surface area contributed by atoms with Gasteiger partial charge in [0.25, 0.3) is 15.6 Å². The number of aromatic carboxylic acids is 1. The van der Waals surface area contributed by atoms with Crippen molar-refractivity contribution in [3.8, 4) is 5.69 Å². The molecule has 0 atom stereocenters. The molecule has 0 radical (unpaired) electrons. The largest absolute Gasteiger partial charge is 0.545 e. The summed E-state index contributed by atoms with van der Waals surface area (Å²) in [5.41, 5.74) is -0.178. The highest BCUT2D eigenvalue weighted by Gasteiger charge is 2.23. The molecule has 0 fully saturated rings. The van der Waals surface area contributed by atoms with Crippen LogP contribution in [-0.2, 0) is 17.1 Å². The molecule has 146 valence electrons. The summed E-state index contributed by atoms with van der Waals surface area (Å²) in [5.74, 6) is -1.57. The van der Waals surface area contributed by atoms with Crippen molar-refractivity contribution in [1.82, 2.24) is 9.36 Å². The van der Waals surface area contributed by atoms with E-state index >= 15 is 0 Å². The van der Waals surface area contributed by atoms with E-state index in [2.05, 4.69) is 4.72 Å². The van der Waals surface area contributed by atoms with Crippen LogP contribution in [0.5, 0.6) is 0 Å². The number of carbonyl (C=O) groups excluding carboxylic acids is 1. The van der Waals surface area contributed by atoms with Crippen LogP contribution >= 0.6 is 11.6 Å².